The summed E-state index contributed by atoms with van der Waals surface area (Å²) >= 11 is 0. The molecule has 1 aliphatic carbocycles. The molecule has 0 aromatic heterocycles. The van der Waals surface area contributed by atoms with Crippen LogP contribution in [0.4, 0.5) is 5.69 Å². The summed E-state index contributed by atoms with van der Waals surface area (Å²) in [5.41, 5.74) is 3.37. The van der Waals surface area contributed by atoms with E-state index in [0.29, 0.717) is 5.69 Å². The van der Waals surface area contributed by atoms with Crippen molar-refractivity contribution < 1.29 is 18.0 Å². The molecule has 0 bridgehead atoms. The molecule has 0 heterocycles. The van der Waals surface area contributed by atoms with Crippen LogP contribution in [0.5, 0.6) is 0 Å². The molecule has 1 atom stereocenters. The van der Waals surface area contributed by atoms with E-state index in [0.717, 1.165) is 46.7 Å². The van der Waals surface area contributed by atoms with Gasteiger partial charge in [0.25, 0.3) is 10.0 Å². The first-order chi connectivity index (χ1) is 20.1. The Morgan fingerprint density at radius 3 is 2.17 bits per heavy atom. The second kappa shape index (κ2) is 14.0. The van der Waals surface area contributed by atoms with Crippen LogP contribution in [-0.4, -0.2) is 43.8 Å². The van der Waals surface area contributed by atoms with Crippen molar-refractivity contribution in [2.45, 2.75) is 89.2 Å². The molecule has 3 aromatic rings. The van der Waals surface area contributed by atoms with Crippen LogP contribution in [0.3, 0.4) is 0 Å². The highest BCUT2D eigenvalue weighted by Crippen LogP contribution is 2.27. The minimum Gasteiger partial charge on any atom is -0.352 e. The molecular formula is C34H43N3O4S. The fraction of sp³-hybridized carbons (Fsp3) is 0.412. The summed E-state index contributed by atoms with van der Waals surface area (Å²) in [5.74, 6) is -0.398. The van der Waals surface area contributed by atoms with Crippen molar-refractivity contribution in [2.75, 3.05) is 10.8 Å². The molecule has 42 heavy (non-hydrogen) atoms. The highest BCUT2D eigenvalue weighted by molar-refractivity contribution is 7.92. The number of carbonyl (C=O) groups excluding carboxylic acids is 2. The number of nitrogens with zero attached hydrogens (tertiary/aromatic N) is 2. The van der Waals surface area contributed by atoms with Crippen LogP contribution in [0.15, 0.2) is 83.8 Å². The lowest BCUT2D eigenvalue weighted by Gasteiger charge is -2.33. The van der Waals surface area contributed by atoms with Crippen LogP contribution >= 0.6 is 0 Å². The third kappa shape index (κ3) is 7.79. The van der Waals surface area contributed by atoms with E-state index in [1.807, 2.05) is 43.3 Å². The van der Waals surface area contributed by atoms with E-state index in [4.69, 9.17) is 0 Å². The predicted octanol–water partition coefficient (Wildman–Crippen LogP) is 6.18. The summed E-state index contributed by atoms with van der Waals surface area (Å²) in [5, 5.41) is 3.14. The fourth-order valence-corrected chi connectivity index (χ4v) is 6.87. The van der Waals surface area contributed by atoms with Gasteiger partial charge in [-0.1, -0.05) is 93.3 Å². The van der Waals surface area contributed by atoms with Gasteiger partial charge in [-0.2, -0.15) is 0 Å². The topological polar surface area (TPSA) is 86.8 Å². The zero-order chi connectivity index (χ0) is 30.3. The molecule has 1 N–H and O–H groups in total. The second-order valence-corrected chi connectivity index (χ2v) is 13.5. The second-order valence-electron chi connectivity index (χ2n) is 11.6. The molecule has 1 aliphatic rings. The zero-order valence-electron chi connectivity index (χ0n) is 25.1. The number of aryl methyl sites for hydroxylation is 1. The third-order valence-electron chi connectivity index (χ3n) is 8.01. The van der Waals surface area contributed by atoms with Gasteiger partial charge in [-0.15, -0.1) is 0 Å². The third-order valence-corrected chi connectivity index (χ3v) is 9.80. The van der Waals surface area contributed by atoms with E-state index in [1.165, 1.54) is 23.5 Å². The molecule has 224 valence electrons. The molecular weight excluding hydrogens is 546 g/mol. The standard InChI is InChI=1S/C34H43N3O4S/c1-25(2)29-18-20-31(21-19-29)37(42(40,41)32-16-9-6-10-17-32)24-33(38)36(23-28-13-11-12-26(3)22-28)27(4)34(39)35-30-14-7-5-8-15-30/h6,9-13,16-22,25,27,30H,5,7-8,14-15,23-24H2,1-4H3,(H,35,39)/t27-/m1/s1. The van der Waals surface area contributed by atoms with Crippen molar-refractivity contribution in [3.8, 4) is 0 Å². The minimum atomic E-state index is -4.08. The minimum absolute atomic E-state index is 0.0963. The van der Waals surface area contributed by atoms with Crippen molar-refractivity contribution in [3.05, 3.63) is 95.6 Å². The van der Waals surface area contributed by atoms with Gasteiger partial charge in [0, 0.05) is 12.6 Å². The summed E-state index contributed by atoms with van der Waals surface area (Å²) in [7, 11) is -4.08. The maximum atomic E-state index is 14.1. The first-order valence-corrected chi connectivity index (χ1v) is 16.3. The van der Waals surface area contributed by atoms with Crippen molar-refractivity contribution in [2.24, 2.45) is 0 Å². The average molecular weight is 590 g/mol. The molecule has 1 saturated carbocycles. The Kier molecular flexibility index (Phi) is 10.4. The van der Waals surface area contributed by atoms with Gasteiger partial charge >= 0.3 is 0 Å². The van der Waals surface area contributed by atoms with Gasteiger partial charge < -0.3 is 10.2 Å². The lowest BCUT2D eigenvalue weighted by atomic mass is 9.95. The van der Waals surface area contributed by atoms with Crippen molar-refractivity contribution in [3.63, 3.8) is 0 Å². The van der Waals surface area contributed by atoms with E-state index >= 15 is 0 Å². The molecule has 4 rings (SSSR count). The summed E-state index contributed by atoms with van der Waals surface area (Å²) in [6.45, 7) is 7.58. The molecule has 7 nitrogen and oxygen atoms in total. The van der Waals surface area contributed by atoms with E-state index < -0.39 is 28.5 Å². The molecule has 0 aliphatic heterocycles. The normalized spacial score (nSPS) is 14.8. The summed E-state index contributed by atoms with van der Waals surface area (Å²) < 4.78 is 29.1. The quantitative estimate of drug-likeness (QED) is 0.289. The number of carbonyl (C=O) groups is 2. The number of hydrogen-bond acceptors (Lipinski definition) is 4. The van der Waals surface area contributed by atoms with Gasteiger partial charge in [0.1, 0.15) is 12.6 Å². The van der Waals surface area contributed by atoms with Crippen LogP contribution in [0.1, 0.15) is 75.5 Å². The van der Waals surface area contributed by atoms with Crippen molar-refractivity contribution in [1.29, 1.82) is 0 Å². The van der Waals surface area contributed by atoms with Crippen LogP contribution in [-0.2, 0) is 26.2 Å². The van der Waals surface area contributed by atoms with Crippen LogP contribution < -0.4 is 9.62 Å². The smallest absolute Gasteiger partial charge is 0.264 e. The maximum Gasteiger partial charge on any atom is 0.264 e. The lowest BCUT2D eigenvalue weighted by Crippen LogP contribution is -2.53. The Morgan fingerprint density at radius 2 is 1.55 bits per heavy atom. The number of amides is 2. The number of benzene rings is 3. The molecule has 8 heteroatoms. The number of sulfonamides is 1. The monoisotopic (exact) mass is 589 g/mol. The Hall–Kier alpha value is -3.65. The summed E-state index contributed by atoms with van der Waals surface area (Å²) in [4.78, 5) is 29.2. The van der Waals surface area contributed by atoms with Gasteiger partial charge in [0.15, 0.2) is 0 Å². The molecule has 0 saturated heterocycles. The van der Waals surface area contributed by atoms with Gasteiger partial charge in [0.05, 0.1) is 10.6 Å². The highest BCUT2D eigenvalue weighted by atomic mass is 32.2. The Balaban J connectivity index is 1.68. The molecule has 0 radical (unpaired) electrons. The van der Waals surface area contributed by atoms with E-state index in [2.05, 4.69) is 19.2 Å². The largest absolute Gasteiger partial charge is 0.352 e. The van der Waals surface area contributed by atoms with Crippen LogP contribution in [0, 0.1) is 6.92 Å². The number of rotatable bonds is 11. The van der Waals surface area contributed by atoms with Crippen LogP contribution in [0.25, 0.3) is 0 Å². The summed E-state index contributed by atoms with van der Waals surface area (Å²) in [6, 6.07) is 22.5. The van der Waals surface area contributed by atoms with E-state index in [9.17, 15) is 18.0 Å². The number of nitrogens with one attached hydrogen (secondary N) is 1. The van der Waals surface area contributed by atoms with E-state index in [-0.39, 0.29) is 29.3 Å². The Bertz CT molecular complexity index is 1450. The molecule has 3 aromatic carbocycles. The van der Waals surface area contributed by atoms with Gasteiger partial charge in [0.2, 0.25) is 11.8 Å². The van der Waals surface area contributed by atoms with Gasteiger partial charge in [-0.05, 0) is 68.0 Å². The van der Waals surface area contributed by atoms with Crippen LogP contribution in [0.2, 0.25) is 0 Å². The lowest BCUT2D eigenvalue weighted by molar-refractivity contribution is -0.139. The molecule has 0 unspecified atom stereocenters. The molecule has 2 amide bonds. The van der Waals surface area contributed by atoms with Gasteiger partial charge in [-0.3, -0.25) is 13.9 Å². The zero-order valence-corrected chi connectivity index (χ0v) is 25.9. The summed E-state index contributed by atoms with van der Waals surface area (Å²) in [6.07, 6.45) is 5.18. The van der Waals surface area contributed by atoms with Gasteiger partial charge in [-0.25, -0.2) is 8.42 Å². The fourth-order valence-electron chi connectivity index (χ4n) is 5.43. The SMILES string of the molecule is Cc1cccc(CN(C(=O)CN(c2ccc(C(C)C)cc2)S(=O)(=O)c2ccccc2)[C@H](C)C(=O)NC2CCCCC2)c1. The highest BCUT2D eigenvalue weighted by Gasteiger charge is 2.33. The Labute approximate surface area is 251 Å². The average Bonchev–Trinajstić information content (AvgIpc) is 2.99. The first kappa shape index (κ1) is 31.3. The number of hydrogen-bond donors (Lipinski definition) is 1. The predicted molar refractivity (Wildman–Crippen MR) is 168 cm³/mol. The first-order valence-electron chi connectivity index (χ1n) is 14.9. The van der Waals surface area contributed by atoms with E-state index in [1.54, 1.807) is 37.3 Å². The van der Waals surface area contributed by atoms with Crippen molar-refractivity contribution in [1.82, 2.24) is 10.2 Å². The Morgan fingerprint density at radius 1 is 0.881 bits per heavy atom. The van der Waals surface area contributed by atoms with Crippen molar-refractivity contribution >= 4 is 27.5 Å². The molecule has 1 fully saturated rings. The number of anilines is 1. The molecule has 0 spiro atoms. The maximum absolute atomic E-state index is 14.1.